The zero-order valence-electron chi connectivity index (χ0n) is 11.0. The van der Waals surface area contributed by atoms with Gasteiger partial charge in [-0.25, -0.2) is 0 Å². The van der Waals surface area contributed by atoms with Crippen LogP contribution >= 0.6 is 15.9 Å². The Morgan fingerprint density at radius 1 is 0.905 bits per heavy atom. The molecule has 0 aliphatic carbocycles. The molecular formula is C17H12BrNO2. The summed E-state index contributed by atoms with van der Waals surface area (Å²) >= 11 is 3.56. The number of primary amides is 1. The Kier molecular flexibility index (Phi) is 3.62. The summed E-state index contributed by atoms with van der Waals surface area (Å²) in [5.41, 5.74) is 5.73. The molecule has 21 heavy (non-hydrogen) atoms. The molecule has 0 aliphatic rings. The number of halogens is 1. The molecule has 3 aromatic rings. The molecule has 104 valence electrons. The maximum atomic E-state index is 11.4. The summed E-state index contributed by atoms with van der Waals surface area (Å²) in [6.45, 7) is 0. The van der Waals surface area contributed by atoms with Crippen molar-refractivity contribution in [2.45, 2.75) is 0 Å². The highest BCUT2D eigenvalue weighted by atomic mass is 79.9. The van der Waals surface area contributed by atoms with Crippen LogP contribution in [-0.2, 0) is 0 Å². The first kappa shape index (κ1) is 13.6. The van der Waals surface area contributed by atoms with E-state index in [1.54, 1.807) is 24.3 Å². The molecule has 0 saturated heterocycles. The number of amides is 1. The molecule has 0 saturated carbocycles. The third-order valence-corrected chi connectivity index (χ3v) is 4.02. The van der Waals surface area contributed by atoms with E-state index in [1.807, 2.05) is 36.4 Å². The number of carbonyl (C=O) groups is 1. The van der Waals surface area contributed by atoms with E-state index in [1.165, 1.54) is 0 Å². The van der Waals surface area contributed by atoms with Gasteiger partial charge in [0.25, 0.3) is 5.91 Å². The molecule has 0 aliphatic heterocycles. The highest BCUT2D eigenvalue weighted by molar-refractivity contribution is 9.10. The van der Waals surface area contributed by atoms with Crippen LogP contribution in [0, 0.1) is 0 Å². The Balaban J connectivity index is 2.07. The normalized spacial score (nSPS) is 10.5. The number of ether oxygens (including phenoxy) is 1. The molecule has 1 amide bonds. The largest absolute Gasteiger partial charge is 0.455 e. The molecule has 3 nitrogen and oxygen atoms in total. The van der Waals surface area contributed by atoms with Crippen LogP contribution in [0.5, 0.6) is 11.5 Å². The second kappa shape index (κ2) is 5.58. The third kappa shape index (κ3) is 2.62. The Morgan fingerprint density at radius 3 is 2.43 bits per heavy atom. The summed E-state index contributed by atoms with van der Waals surface area (Å²) in [5, 5.41) is 2.16. The molecule has 0 aromatic heterocycles. The molecule has 0 heterocycles. The maximum Gasteiger partial charge on any atom is 0.252 e. The number of hydrogen-bond donors (Lipinski definition) is 1. The summed E-state index contributed by atoms with van der Waals surface area (Å²) < 4.78 is 6.71. The van der Waals surface area contributed by atoms with E-state index in [-0.39, 0.29) is 0 Å². The van der Waals surface area contributed by atoms with Crippen molar-refractivity contribution in [2.24, 2.45) is 5.73 Å². The Morgan fingerprint density at radius 2 is 1.62 bits per heavy atom. The summed E-state index contributed by atoms with van der Waals surface area (Å²) in [7, 11) is 0. The van der Waals surface area contributed by atoms with Gasteiger partial charge in [-0.15, -0.1) is 0 Å². The SMILES string of the molecule is NC(=O)c1ccccc1Oc1ccc2ccccc2c1Br. The van der Waals surface area contributed by atoms with E-state index in [2.05, 4.69) is 15.9 Å². The zero-order valence-corrected chi connectivity index (χ0v) is 12.6. The lowest BCUT2D eigenvalue weighted by molar-refractivity contribution is 0.0998. The van der Waals surface area contributed by atoms with Crippen molar-refractivity contribution in [1.29, 1.82) is 0 Å². The molecular weight excluding hydrogens is 330 g/mol. The van der Waals surface area contributed by atoms with E-state index < -0.39 is 5.91 Å². The second-order valence-corrected chi connectivity index (χ2v) is 5.35. The maximum absolute atomic E-state index is 11.4. The first-order valence-corrected chi connectivity index (χ1v) is 7.20. The van der Waals surface area contributed by atoms with Gasteiger partial charge in [0.15, 0.2) is 0 Å². The van der Waals surface area contributed by atoms with Crippen molar-refractivity contribution in [1.82, 2.24) is 0 Å². The molecule has 0 radical (unpaired) electrons. The lowest BCUT2D eigenvalue weighted by Crippen LogP contribution is -2.12. The van der Waals surface area contributed by atoms with Gasteiger partial charge in [0, 0.05) is 0 Å². The summed E-state index contributed by atoms with van der Waals surface area (Å²) in [6.07, 6.45) is 0. The van der Waals surface area contributed by atoms with Crippen LogP contribution in [-0.4, -0.2) is 5.91 Å². The van der Waals surface area contributed by atoms with Gasteiger partial charge >= 0.3 is 0 Å². The lowest BCUT2D eigenvalue weighted by Gasteiger charge is -2.12. The van der Waals surface area contributed by atoms with E-state index >= 15 is 0 Å². The van der Waals surface area contributed by atoms with Gasteiger partial charge in [0.2, 0.25) is 0 Å². The fraction of sp³-hybridized carbons (Fsp3) is 0. The van der Waals surface area contributed by atoms with Crippen LogP contribution in [0.3, 0.4) is 0 Å². The van der Waals surface area contributed by atoms with Crippen LogP contribution in [0.25, 0.3) is 10.8 Å². The van der Waals surface area contributed by atoms with Crippen LogP contribution in [0.4, 0.5) is 0 Å². The van der Waals surface area contributed by atoms with Crippen LogP contribution in [0.15, 0.2) is 65.1 Å². The van der Waals surface area contributed by atoms with Gasteiger partial charge in [0.1, 0.15) is 11.5 Å². The molecule has 0 spiro atoms. The average Bonchev–Trinajstić information content (AvgIpc) is 2.51. The van der Waals surface area contributed by atoms with Gasteiger partial charge in [-0.05, 0) is 44.9 Å². The van der Waals surface area contributed by atoms with Crippen molar-refractivity contribution < 1.29 is 9.53 Å². The molecule has 0 unspecified atom stereocenters. The van der Waals surface area contributed by atoms with E-state index in [9.17, 15) is 4.79 Å². The molecule has 4 heteroatoms. The number of nitrogens with two attached hydrogens (primary N) is 1. The first-order chi connectivity index (χ1) is 10.2. The summed E-state index contributed by atoms with van der Waals surface area (Å²) in [6, 6.07) is 18.7. The molecule has 0 bridgehead atoms. The fourth-order valence-electron chi connectivity index (χ4n) is 2.17. The number of carbonyl (C=O) groups excluding carboxylic acids is 1. The van der Waals surface area contributed by atoms with E-state index in [0.717, 1.165) is 15.2 Å². The number of hydrogen-bond acceptors (Lipinski definition) is 2. The number of fused-ring (bicyclic) bond motifs is 1. The summed E-state index contributed by atoms with van der Waals surface area (Å²) in [5.74, 6) is 0.575. The van der Waals surface area contributed by atoms with Gasteiger partial charge in [-0.3, -0.25) is 4.79 Å². The minimum Gasteiger partial charge on any atom is -0.455 e. The fourth-order valence-corrected chi connectivity index (χ4v) is 2.74. The molecule has 3 rings (SSSR count). The second-order valence-electron chi connectivity index (χ2n) is 4.56. The predicted molar refractivity (Wildman–Crippen MR) is 86.7 cm³/mol. The number of rotatable bonds is 3. The van der Waals surface area contributed by atoms with Crippen LogP contribution in [0.2, 0.25) is 0 Å². The minimum atomic E-state index is -0.512. The predicted octanol–water partition coefficient (Wildman–Crippen LogP) is 4.49. The highest BCUT2D eigenvalue weighted by Crippen LogP contribution is 2.36. The van der Waals surface area contributed by atoms with Crippen molar-refractivity contribution in [2.75, 3.05) is 0 Å². The molecule has 3 aromatic carbocycles. The number of para-hydroxylation sites is 1. The monoisotopic (exact) mass is 341 g/mol. The average molecular weight is 342 g/mol. The molecule has 0 fully saturated rings. The Labute approximate surface area is 130 Å². The standard InChI is InChI=1S/C17H12BrNO2/c18-16-12-6-2-1-5-11(12)9-10-15(16)21-14-8-4-3-7-13(14)17(19)20/h1-10H,(H2,19,20). The van der Waals surface area contributed by atoms with Crippen LogP contribution < -0.4 is 10.5 Å². The van der Waals surface area contributed by atoms with Gasteiger partial charge < -0.3 is 10.5 Å². The lowest BCUT2D eigenvalue weighted by atomic mass is 10.1. The van der Waals surface area contributed by atoms with Gasteiger partial charge in [0.05, 0.1) is 10.0 Å². The summed E-state index contributed by atoms with van der Waals surface area (Å²) in [4.78, 5) is 11.4. The quantitative estimate of drug-likeness (QED) is 0.762. The van der Waals surface area contributed by atoms with Crippen molar-refractivity contribution >= 4 is 32.6 Å². The smallest absolute Gasteiger partial charge is 0.252 e. The first-order valence-electron chi connectivity index (χ1n) is 6.41. The minimum absolute atomic E-state index is 0.359. The van der Waals surface area contributed by atoms with Crippen molar-refractivity contribution in [3.8, 4) is 11.5 Å². The van der Waals surface area contributed by atoms with Gasteiger partial charge in [-0.1, -0.05) is 42.5 Å². The van der Waals surface area contributed by atoms with Crippen molar-refractivity contribution in [3.05, 3.63) is 70.7 Å². The number of benzene rings is 3. The van der Waals surface area contributed by atoms with Gasteiger partial charge in [-0.2, -0.15) is 0 Å². The highest BCUT2D eigenvalue weighted by Gasteiger charge is 2.12. The van der Waals surface area contributed by atoms with E-state index in [0.29, 0.717) is 17.1 Å². The topological polar surface area (TPSA) is 52.3 Å². The Bertz CT molecular complexity index is 830. The molecule has 2 N–H and O–H groups in total. The Hall–Kier alpha value is -2.33. The van der Waals surface area contributed by atoms with E-state index in [4.69, 9.17) is 10.5 Å². The third-order valence-electron chi connectivity index (χ3n) is 3.20. The van der Waals surface area contributed by atoms with Crippen molar-refractivity contribution in [3.63, 3.8) is 0 Å². The van der Waals surface area contributed by atoms with Crippen LogP contribution in [0.1, 0.15) is 10.4 Å². The molecule has 0 atom stereocenters. The zero-order chi connectivity index (χ0) is 14.8.